The van der Waals surface area contributed by atoms with Crippen LogP contribution in [0.2, 0.25) is 25.2 Å². The summed E-state index contributed by atoms with van der Waals surface area (Å²) in [5, 5.41) is 0. The van der Waals surface area contributed by atoms with Gasteiger partial charge in [-0.05, 0) is 19.1 Å². The molecule has 0 spiro atoms. The van der Waals surface area contributed by atoms with Crippen molar-refractivity contribution in [2.75, 3.05) is 7.11 Å². The van der Waals surface area contributed by atoms with E-state index >= 15 is 0 Å². The Kier molecular flexibility index (Phi) is 4.94. The summed E-state index contributed by atoms with van der Waals surface area (Å²) in [6.45, 7) is 8.19. The Hall–Kier alpha value is 0.134. The van der Waals surface area contributed by atoms with Crippen LogP contribution in [0.25, 0.3) is 0 Å². The highest BCUT2D eigenvalue weighted by Crippen LogP contribution is 2.11. The van der Waals surface area contributed by atoms with E-state index in [1.165, 1.54) is 12.1 Å². The molecule has 0 unspecified atom stereocenters. The van der Waals surface area contributed by atoms with Crippen molar-refractivity contribution >= 4 is 17.8 Å². The van der Waals surface area contributed by atoms with E-state index < -0.39 is 8.32 Å². The molecule has 2 radical (unpaired) electrons. The van der Waals surface area contributed by atoms with Crippen molar-refractivity contribution in [1.82, 2.24) is 0 Å². The Labute approximate surface area is 67.4 Å². The fourth-order valence-corrected chi connectivity index (χ4v) is 3.97. The third kappa shape index (κ3) is 4.96. The van der Waals surface area contributed by atoms with Crippen LogP contribution in [-0.2, 0) is 4.43 Å². The van der Waals surface area contributed by atoms with Crippen LogP contribution in [0.3, 0.4) is 0 Å². The van der Waals surface area contributed by atoms with Crippen molar-refractivity contribution in [3.05, 3.63) is 12.3 Å². The van der Waals surface area contributed by atoms with Gasteiger partial charge >= 0.3 is 0 Å². The lowest BCUT2D eigenvalue weighted by Gasteiger charge is -2.18. The predicted octanol–water partition coefficient (Wildman–Crippen LogP) is 2.10. The Bertz CT molecular complexity index is 102. The fraction of sp³-hybridized carbons (Fsp3) is 0.714. The maximum Gasteiger partial charge on any atom is 0.185 e. The summed E-state index contributed by atoms with van der Waals surface area (Å²) in [4.78, 5) is 0. The van der Waals surface area contributed by atoms with Gasteiger partial charge in [0.15, 0.2) is 8.32 Å². The smallest absolute Gasteiger partial charge is 0.185 e. The van der Waals surface area contributed by atoms with E-state index in [1.54, 1.807) is 0 Å². The lowest BCUT2D eigenvalue weighted by Crippen LogP contribution is -2.28. The minimum absolute atomic E-state index is 0.910. The Morgan fingerprint density at radius 1 is 1.60 bits per heavy atom. The molecule has 0 aromatic heterocycles. The van der Waals surface area contributed by atoms with Gasteiger partial charge in [0.2, 0.25) is 0 Å². The highest BCUT2D eigenvalue weighted by Gasteiger charge is 2.18. The first-order valence-electron chi connectivity index (χ1n) is 3.52. The molecule has 3 heteroatoms. The number of hydrogen-bond donors (Lipinski definition) is 0. The van der Waals surface area contributed by atoms with Gasteiger partial charge in [-0.3, -0.25) is 0 Å². The molecular weight excluding hydrogens is 156 g/mol. The van der Waals surface area contributed by atoms with Crippen molar-refractivity contribution < 1.29 is 4.43 Å². The Morgan fingerprint density at radius 3 is 2.60 bits per heavy atom. The van der Waals surface area contributed by atoms with Crippen LogP contribution in [-0.4, -0.2) is 24.9 Å². The zero-order chi connectivity index (χ0) is 8.04. The summed E-state index contributed by atoms with van der Waals surface area (Å²) in [6.07, 6.45) is 0. The summed E-state index contributed by atoms with van der Waals surface area (Å²) < 4.78 is 5.39. The van der Waals surface area contributed by atoms with Gasteiger partial charge in [0.25, 0.3) is 0 Å². The van der Waals surface area contributed by atoms with Gasteiger partial charge in [-0.1, -0.05) is 6.04 Å². The fourth-order valence-electron chi connectivity index (χ4n) is 0.577. The van der Waals surface area contributed by atoms with E-state index in [2.05, 4.69) is 19.7 Å². The molecule has 0 aliphatic rings. The van der Waals surface area contributed by atoms with E-state index in [9.17, 15) is 0 Å². The zero-order valence-electron chi connectivity index (χ0n) is 7.11. The first kappa shape index (κ1) is 10.1. The molecule has 0 saturated carbocycles. The maximum absolute atomic E-state index is 5.39. The average molecular weight is 172 g/mol. The lowest BCUT2D eigenvalue weighted by atomic mass is 10.9. The van der Waals surface area contributed by atoms with Gasteiger partial charge in [-0.2, -0.15) is 0 Å². The first-order valence-corrected chi connectivity index (χ1v) is 7.92. The van der Waals surface area contributed by atoms with Crippen LogP contribution in [0.1, 0.15) is 0 Å². The molecule has 0 rings (SSSR count). The van der Waals surface area contributed by atoms with Gasteiger partial charge in [-0.15, -0.1) is 12.3 Å². The number of rotatable bonds is 5. The van der Waals surface area contributed by atoms with Crippen molar-refractivity contribution in [3.8, 4) is 0 Å². The minimum Gasteiger partial charge on any atom is -0.420 e. The normalized spacial score (nSPS) is 11.5. The third-order valence-corrected chi connectivity index (χ3v) is 5.45. The van der Waals surface area contributed by atoms with Gasteiger partial charge in [0.1, 0.15) is 0 Å². The van der Waals surface area contributed by atoms with Gasteiger partial charge < -0.3 is 4.43 Å². The molecule has 0 aromatic carbocycles. The molecule has 0 aliphatic heterocycles. The summed E-state index contributed by atoms with van der Waals surface area (Å²) in [7, 11) is 1.48. The molecule has 0 bridgehead atoms. The van der Waals surface area contributed by atoms with Crippen molar-refractivity contribution in [3.63, 3.8) is 0 Å². The molecule has 0 saturated heterocycles. The molecule has 0 fully saturated rings. The monoisotopic (exact) mass is 172 g/mol. The molecule has 0 amide bonds. The molecular formula is C7H16OSi2. The average Bonchev–Trinajstić information content (AvgIpc) is 1.89. The van der Waals surface area contributed by atoms with Crippen LogP contribution < -0.4 is 0 Å². The van der Waals surface area contributed by atoms with Gasteiger partial charge in [0, 0.05) is 7.11 Å². The van der Waals surface area contributed by atoms with Crippen LogP contribution in [0.4, 0.5) is 0 Å². The van der Waals surface area contributed by atoms with Crippen LogP contribution in [0.5, 0.6) is 0 Å². The van der Waals surface area contributed by atoms with Crippen molar-refractivity contribution in [2.45, 2.75) is 25.2 Å². The second-order valence-electron chi connectivity index (χ2n) is 2.87. The second kappa shape index (κ2) is 4.87. The second-order valence-corrected chi connectivity index (χ2v) is 8.62. The van der Waals surface area contributed by atoms with E-state index in [-0.39, 0.29) is 0 Å². The SMILES string of the molecule is C=C[Si]CC[Si](C)(C)OC. The Morgan fingerprint density at radius 2 is 2.20 bits per heavy atom. The minimum atomic E-state index is -1.26. The molecule has 0 N–H and O–H groups in total. The molecule has 0 heterocycles. The summed E-state index contributed by atoms with van der Waals surface area (Å²) >= 11 is 0. The van der Waals surface area contributed by atoms with E-state index in [0.29, 0.717) is 0 Å². The lowest BCUT2D eigenvalue weighted by molar-refractivity contribution is 0.405. The highest BCUT2D eigenvalue weighted by molar-refractivity contribution is 6.72. The molecule has 0 atom stereocenters. The molecule has 1 nitrogen and oxygen atoms in total. The Balaban J connectivity index is 3.36. The van der Waals surface area contributed by atoms with Gasteiger partial charge in [-0.25, -0.2) is 0 Å². The molecule has 10 heavy (non-hydrogen) atoms. The van der Waals surface area contributed by atoms with Crippen molar-refractivity contribution in [1.29, 1.82) is 0 Å². The number of hydrogen-bond acceptors (Lipinski definition) is 1. The topological polar surface area (TPSA) is 9.23 Å². The maximum atomic E-state index is 5.39. The first-order chi connectivity index (χ1) is 4.62. The van der Waals surface area contributed by atoms with Crippen LogP contribution in [0, 0.1) is 0 Å². The quantitative estimate of drug-likeness (QED) is 0.456. The van der Waals surface area contributed by atoms with E-state index in [1.807, 2.05) is 12.8 Å². The van der Waals surface area contributed by atoms with Crippen LogP contribution >= 0.6 is 0 Å². The predicted molar refractivity (Wildman–Crippen MR) is 50.1 cm³/mol. The largest absolute Gasteiger partial charge is 0.420 e. The van der Waals surface area contributed by atoms with E-state index in [0.717, 1.165) is 9.52 Å². The summed E-state index contributed by atoms with van der Waals surface area (Å²) in [6, 6.07) is 2.52. The molecule has 0 aromatic rings. The van der Waals surface area contributed by atoms with Gasteiger partial charge in [0.05, 0.1) is 9.52 Å². The third-order valence-electron chi connectivity index (χ3n) is 1.57. The van der Waals surface area contributed by atoms with Crippen LogP contribution in [0.15, 0.2) is 12.3 Å². The van der Waals surface area contributed by atoms with E-state index in [4.69, 9.17) is 4.43 Å². The van der Waals surface area contributed by atoms with Crippen molar-refractivity contribution in [2.24, 2.45) is 0 Å². The summed E-state index contributed by atoms with van der Waals surface area (Å²) in [5.41, 5.74) is 2.00. The zero-order valence-corrected chi connectivity index (χ0v) is 9.11. The molecule has 0 aliphatic carbocycles. The molecule has 58 valence electrons. The standard InChI is InChI=1S/C7H16OSi2/c1-5-9-6-7-10(3,4)8-2/h5H,1,6-7H2,2-4H3. The highest BCUT2D eigenvalue weighted by atomic mass is 28.4. The summed E-state index contributed by atoms with van der Waals surface area (Å²) in [5.74, 6) is 0.